The quantitative estimate of drug-likeness (QED) is 0.125. The summed E-state index contributed by atoms with van der Waals surface area (Å²) < 4.78 is 11.4. The third kappa shape index (κ3) is 10.7. The van der Waals surface area contributed by atoms with Crippen molar-refractivity contribution >= 4 is 46.8 Å². The second kappa shape index (κ2) is 19.8. The highest BCUT2D eigenvalue weighted by molar-refractivity contribution is 6.04. The Bertz CT molecular complexity index is 1700. The maximum atomic E-state index is 13.4. The number of likely N-dealkylation sites (N-methyl/N-ethyl adjacent to an activating group) is 1. The normalized spacial score (nSPS) is 20.1. The summed E-state index contributed by atoms with van der Waals surface area (Å²) in [7, 11) is 3.36. The highest BCUT2D eigenvalue weighted by Crippen LogP contribution is 2.40. The van der Waals surface area contributed by atoms with Gasteiger partial charge in [-0.15, -0.1) is 0 Å². The molecule has 312 valence electrons. The Kier molecular flexibility index (Phi) is 14.6. The van der Waals surface area contributed by atoms with Crippen molar-refractivity contribution in [2.45, 2.75) is 147 Å². The van der Waals surface area contributed by atoms with Gasteiger partial charge < -0.3 is 40.1 Å². The zero-order chi connectivity index (χ0) is 40.5. The largest absolute Gasteiger partial charge is 0.495 e. The van der Waals surface area contributed by atoms with Crippen LogP contribution in [0.25, 0.3) is 0 Å². The Balaban J connectivity index is 0.954. The number of ether oxygens (including phenoxy) is 2. The van der Waals surface area contributed by atoms with Crippen molar-refractivity contribution in [2.24, 2.45) is 5.92 Å². The average molecular weight is 789 g/mol. The predicted molar refractivity (Wildman–Crippen MR) is 221 cm³/mol. The fourth-order valence-corrected chi connectivity index (χ4v) is 8.89. The zero-order valence-electron chi connectivity index (χ0n) is 34.7. The molecule has 57 heavy (non-hydrogen) atoms. The van der Waals surface area contributed by atoms with Gasteiger partial charge in [-0.05, 0) is 108 Å². The van der Waals surface area contributed by atoms with Crippen molar-refractivity contribution in [1.29, 1.82) is 0 Å². The van der Waals surface area contributed by atoms with E-state index in [9.17, 15) is 19.2 Å². The lowest BCUT2D eigenvalue weighted by atomic mass is 10.0. The number of methoxy groups -OCH3 is 1. The van der Waals surface area contributed by atoms with Crippen LogP contribution in [0.1, 0.15) is 127 Å². The average Bonchev–Trinajstić information content (AvgIpc) is 3.93. The first-order valence-corrected chi connectivity index (χ1v) is 21.5. The molecule has 0 spiro atoms. The van der Waals surface area contributed by atoms with E-state index in [1.54, 1.807) is 37.4 Å². The monoisotopic (exact) mass is 788 g/mol. The molecule has 14 heteroatoms. The number of esters is 1. The number of benzene rings is 1. The fraction of sp³-hybridized carbons (Fsp3) is 0.674. The molecule has 2 saturated carbocycles. The van der Waals surface area contributed by atoms with Crippen molar-refractivity contribution in [1.82, 2.24) is 25.5 Å². The molecule has 3 amide bonds. The minimum absolute atomic E-state index is 0.0113. The molecule has 4 aliphatic rings. The summed E-state index contributed by atoms with van der Waals surface area (Å²) in [5.41, 5.74) is 1.85. The molecule has 0 radical (unpaired) electrons. The number of hydrogen-bond donors (Lipinski definition) is 3. The number of anilines is 4. The summed E-state index contributed by atoms with van der Waals surface area (Å²) in [6, 6.07) is 4.81. The van der Waals surface area contributed by atoms with Gasteiger partial charge in [-0.1, -0.05) is 33.6 Å². The predicted octanol–water partition coefficient (Wildman–Crippen LogP) is 6.11. The number of rotatable bonds is 17. The van der Waals surface area contributed by atoms with Crippen molar-refractivity contribution in [3.8, 4) is 5.75 Å². The Labute approximate surface area is 338 Å². The van der Waals surface area contributed by atoms with Crippen molar-refractivity contribution in [3.63, 3.8) is 0 Å². The second-order valence-corrected chi connectivity index (χ2v) is 16.7. The number of nitrogens with one attached hydrogen (secondary N) is 3. The summed E-state index contributed by atoms with van der Waals surface area (Å²) in [4.78, 5) is 68.0. The lowest BCUT2D eigenvalue weighted by Crippen LogP contribution is -2.55. The molecular weight excluding hydrogens is 725 g/mol. The standard InChI is InChI=1S/C43H64N8O6/c1-6-35-41(54)49(4)36-27-44-43(48-39(36)51(35)31-13-7-8-14-31)47-33-19-18-29(26-37(33)56-5)40(53)45-30-20-23-50(24-21-30)22-12-11-17-38(52)46-34(25-28(2)3)42(55)57-32-15-9-10-16-32/h18-19,26-28,30-32,34-35H,6-17,20-25H2,1-5H3,(H,45,53)(H,46,52)(H,44,47,48)/t34-,35?/m0/s1. The number of hydrogen-bond acceptors (Lipinski definition) is 11. The van der Waals surface area contributed by atoms with Crippen LogP contribution in [0.2, 0.25) is 0 Å². The number of piperidine rings is 1. The SMILES string of the molecule is CCC1C(=O)N(C)c2cnc(Nc3ccc(C(=O)NC4CCN(CCCCC(=O)N[C@@H](CC(C)C)C(=O)OC5CCCC5)CC4)cc3OC)nc2N1C1CCCC1. The molecule has 1 aromatic heterocycles. The molecule has 6 rings (SSSR count). The van der Waals surface area contributed by atoms with E-state index in [1.807, 2.05) is 26.8 Å². The number of amides is 3. The Hall–Kier alpha value is -4.46. The summed E-state index contributed by atoms with van der Waals surface area (Å²) >= 11 is 0. The van der Waals surface area contributed by atoms with Crippen LogP contribution >= 0.6 is 0 Å². The molecule has 3 fully saturated rings. The van der Waals surface area contributed by atoms with E-state index in [-0.39, 0.29) is 53.8 Å². The van der Waals surface area contributed by atoms with Crippen LogP contribution in [0, 0.1) is 5.92 Å². The lowest BCUT2D eigenvalue weighted by molar-refractivity contribution is -0.153. The van der Waals surface area contributed by atoms with E-state index in [4.69, 9.17) is 14.5 Å². The summed E-state index contributed by atoms with van der Waals surface area (Å²) in [6.07, 6.45) is 15.1. The van der Waals surface area contributed by atoms with Gasteiger partial charge in [0.2, 0.25) is 17.8 Å². The summed E-state index contributed by atoms with van der Waals surface area (Å²) in [5.74, 6) is 1.46. The van der Waals surface area contributed by atoms with Gasteiger partial charge in [0.15, 0.2) is 5.82 Å². The minimum atomic E-state index is -0.587. The van der Waals surface area contributed by atoms with E-state index in [0.29, 0.717) is 47.9 Å². The Morgan fingerprint density at radius 3 is 2.39 bits per heavy atom. The maximum Gasteiger partial charge on any atom is 0.328 e. The van der Waals surface area contributed by atoms with Crippen LogP contribution in [0.3, 0.4) is 0 Å². The molecule has 14 nitrogen and oxygen atoms in total. The van der Waals surface area contributed by atoms with Gasteiger partial charge in [-0.3, -0.25) is 14.4 Å². The first kappa shape index (κ1) is 42.2. The first-order chi connectivity index (χ1) is 27.5. The molecule has 2 aliphatic carbocycles. The van der Waals surface area contributed by atoms with Gasteiger partial charge in [0.25, 0.3) is 5.91 Å². The van der Waals surface area contributed by atoms with Crippen LogP contribution in [0.5, 0.6) is 5.75 Å². The molecular formula is C43H64N8O6. The minimum Gasteiger partial charge on any atom is -0.495 e. The third-order valence-electron chi connectivity index (χ3n) is 12.1. The van der Waals surface area contributed by atoms with Gasteiger partial charge in [-0.25, -0.2) is 9.78 Å². The molecule has 2 atom stereocenters. The van der Waals surface area contributed by atoms with Gasteiger partial charge >= 0.3 is 5.97 Å². The number of fused-ring (bicyclic) bond motifs is 1. The number of nitrogens with zero attached hydrogens (tertiary/aromatic N) is 5. The third-order valence-corrected chi connectivity index (χ3v) is 12.1. The van der Waals surface area contributed by atoms with Gasteiger partial charge in [0.1, 0.15) is 29.6 Å². The number of carbonyl (C=O) groups excluding carboxylic acids is 4. The highest BCUT2D eigenvalue weighted by atomic mass is 16.5. The van der Waals surface area contributed by atoms with Crippen LogP contribution in [-0.4, -0.2) is 103 Å². The Morgan fingerprint density at radius 1 is 0.982 bits per heavy atom. The van der Waals surface area contributed by atoms with Crippen molar-refractivity contribution < 1.29 is 28.7 Å². The molecule has 1 saturated heterocycles. The maximum absolute atomic E-state index is 13.4. The van der Waals surface area contributed by atoms with Crippen LogP contribution < -0.4 is 30.5 Å². The van der Waals surface area contributed by atoms with Gasteiger partial charge in [0, 0.05) is 44.2 Å². The van der Waals surface area contributed by atoms with E-state index in [2.05, 4.69) is 30.7 Å². The van der Waals surface area contributed by atoms with E-state index >= 15 is 0 Å². The van der Waals surface area contributed by atoms with Crippen LogP contribution in [0.4, 0.5) is 23.1 Å². The number of carbonyl (C=O) groups is 4. The molecule has 2 aromatic rings. The van der Waals surface area contributed by atoms with Gasteiger partial charge in [0.05, 0.1) is 19.0 Å². The Morgan fingerprint density at radius 2 is 1.70 bits per heavy atom. The lowest BCUT2D eigenvalue weighted by Gasteiger charge is -2.43. The van der Waals surface area contributed by atoms with E-state index in [0.717, 1.165) is 103 Å². The first-order valence-electron chi connectivity index (χ1n) is 21.5. The van der Waals surface area contributed by atoms with Crippen LogP contribution in [-0.2, 0) is 19.1 Å². The second-order valence-electron chi connectivity index (χ2n) is 16.7. The molecule has 0 bridgehead atoms. The molecule has 3 N–H and O–H groups in total. The van der Waals surface area contributed by atoms with Gasteiger partial charge in [-0.2, -0.15) is 4.98 Å². The molecule has 3 heterocycles. The number of likely N-dealkylation sites (tertiary alicyclic amines) is 1. The highest BCUT2D eigenvalue weighted by Gasteiger charge is 2.41. The summed E-state index contributed by atoms with van der Waals surface area (Å²) in [5, 5.41) is 9.46. The van der Waals surface area contributed by atoms with E-state index in [1.165, 1.54) is 0 Å². The van der Waals surface area contributed by atoms with Crippen molar-refractivity contribution in [3.05, 3.63) is 30.0 Å². The van der Waals surface area contributed by atoms with Crippen LogP contribution in [0.15, 0.2) is 24.4 Å². The zero-order valence-corrected chi connectivity index (χ0v) is 34.7. The number of unbranched alkanes of at least 4 members (excludes halogenated alkanes) is 1. The van der Waals surface area contributed by atoms with Crippen molar-refractivity contribution in [2.75, 3.05) is 48.9 Å². The molecule has 1 aromatic carbocycles. The van der Waals surface area contributed by atoms with E-state index < -0.39 is 6.04 Å². The summed E-state index contributed by atoms with van der Waals surface area (Å²) in [6.45, 7) is 8.77. The topological polar surface area (TPSA) is 158 Å². The smallest absolute Gasteiger partial charge is 0.328 e. The molecule has 1 unspecified atom stereocenters. The number of aromatic nitrogens is 2. The molecule has 2 aliphatic heterocycles. The fourth-order valence-electron chi connectivity index (χ4n) is 8.89.